The van der Waals surface area contributed by atoms with Crippen molar-refractivity contribution in [2.75, 3.05) is 4.43 Å². The molecule has 0 aromatic heterocycles. The highest BCUT2D eigenvalue weighted by molar-refractivity contribution is 14.1. The minimum Gasteiger partial charge on any atom is -0.0882 e. The van der Waals surface area contributed by atoms with E-state index >= 15 is 0 Å². The Bertz CT molecular complexity index is 272. The van der Waals surface area contributed by atoms with E-state index in [0.717, 1.165) is 6.42 Å². The standard InChI is InChI=1S/C13H17I/c1-12-7-9-13(10-8-12)6-4-2-3-5-11-14/h2-3,7-10H,4-6,11H2,1H3. The van der Waals surface area contributed by atoms with Crippen LogP contribution >= 0.6 is 22.6 Å². The lowest BCUT2D eigenvalue weighted by Gasteiger charge is -1.98. The SMILES string of the molecule is Cc1ccc(CCC=CCCI)cc1. The van der Waals surface area contributed by atoms with Crippen LogP contribution in [0.1, 0.15) is 24.0 Å². The molecule has 1 aromatic carbocycles. The number of hydrogen-bond donors (Lipinski definition) is 0. The Kier molecular flexibility index (Phi) is 5.92. The fourth-order valence-electron chi connectivity index (χ4n) is 1.30. The smallest absolute Gasteiger partial charge is 0.00299 e. The van der Waals surface area contributed by atoms with E-state index in [4.69, 9.17) is 0 Å². The molecular formula is C13H17I. The van der Waals surface area contributed by atoms with Crippen molar-refractivity contribution in [3.8, 4) is 0 Å². The van der Waals surface area contributed by atoms with E-state index in [2.05, 4.69) is 65.9 Å². The van der Waals surface area contributed by atoms with Gasteiger partial charge in [0.1, 0.15) is 0 Å². The van der Waals surface area contributed by atoms with Crippen LogP contribution in [0.3, 0.4) is 0 Å². The highest BCUT2D eigenvalue weighted by atomic mass is 127. The van der Waals surface area contributed by atoms with Gasteiger partial charge in [-0.05, 0) is 31.7 Å². The molecule has 0 saturated carbocycles. The fourth-order valence-corrected chi connectivity index (χ4v) is 1.66. The van der Waals surface area contributed by atoms with Crippen molar-refractivity contribution >= 4 is 22.6 Å². The first-order valence-electron chi connectivity index (χ1n) is 5.09. The van der Waals surface area contributed by atoms with Crippen LogP contribution in [0.25, 0.3) is 0 Å². The topological polar surface area (TPSA) is 0 Å². The van der Waals surface area contributed by atoms with Gasteiger partial charge in [-0.2, -0.15) is 0 Å². The van der Waals surface area contributed by atoms with Gasteiger partial charge in [-0.3, -0.25) is 0 Å². The van der Waals surface area contributed by atoms with E-state index < -0.39 is 0 Å². The lowest BCUT2D eigenvalue weighted by Crippen LogP contribution is -1.83. The van der Waals surface area contributed by atoms with E-state index in [0.29, 0.717) is 0 Å². The molecule has 0 aliphatic rings. The van der Waals surface area contributed by atoms with Crippen molar-refractivity contribution in [1.82, 2.24) is 0 Å². The minimum atomic E-state index is 1.16. The van der Waals surface area contributed by atoms with E-state index in [1.54, 1.807) is 0 Å². The van der Waals surface area contributed by atoms with Crippen LogP contribution in [0.2, 0.25) is 0 Å². The summed E-state index contributed by atoms with van der Waals surface area (Å²) in [6, 6.07) is 8.82. The summed E-state index contributed by atoms with van der Waals surface area (Å²) in [4.78, 5) is 0. The predicted octanol–water partition coefficient (Wildman–Crippen LogP) is 4.31. The predicted molar refractivity (Wildman–Crippen MR) is 72.1 cm³/mol. The molecule has 0 atom stereocenters. The second-order valence-electron chi connectivity index (χ2n) is 3.47. The summed E-state index contributed by atoms with van der Waals surface area (Å²) in [6.45, 7) is 2.13. The number of halogens is 1. The lowest BCUT2D eigenvalue weighted by atomic mass is 10.1. The van der Waals surface area contributed by atoms with Gasteiger partial charge < -0.3 is 0 Å². The zero-order valence-corrected chi connectivity index (χ0v) is 10.8. The summed E-state index contributed by atoms with van der Waals surface area (Å²) in [5.74, 6) is 0. The molecule has 0 heterocycles. The maximum Gasteiger partial charge on any atom is 0.00299 e. The first kappa shape index (κ1) is 11.8. The molecule has 0 saturated heterocycles. The third-order valence-electron chi connectivity index (χ3n) is 2.16. The van der Waals surface area contributed by atoms with Crippen LogP contribution in [0.5, 0.6) is 0 Å². The van der Waals surface area contributed by atoms with Gasteiger partial charge in [-0.15, -0.1) is 0 Å². The molecule has 0 fully saturated rings. The molecule has 0 unspecified atom stereocenters. The lowest BCUT2D eigenvalue weighted by molar-refractivity contribution is 0.992. The number of alkyl halides is 1. The normalized spacial score (nSPS) is 11.0. The molecule has 1 aromatic rings. The second kappa shape index (κ2) is 7.04. The molecule has 0 aliphatic heterocycles. The molecule has 0 N–H and O–H groups in total. The molecule has 14 heavy (non-hydrogen) atoms. The molecule has 0 amide bonds. The average Bonchev–Trinajstić information content (AvgIpc) is 2.21. The number of allylic oxidation sites excluding steroid dienone is 2. The zero-order valence-electron chi connectivity index (χ0n) is 8.67. The van der Waals surface area contributed by atoms with Crippen LogP contribution in [0, 0.1) is 6.92 Å². The Balaban J connectivity index is 2.28. The summed E-state index contributed by atoms with van der Waals surface area (Å²) in [7, 11) is 0. The number of hydrogen-bond acceptors (Lipinski definition) is 0. The third kappa shape index (κ3) is 4.80. The molecule has 0 nitrogen and oxygen atoms in total. The molecule has 1 heteroatoms. The quantitative estimate of drug-likeness (QED) is 0.432. The highest BCUT2D eigenvalue weighted by Crippen LogP contribution is 2.06. The molecule has 0 aliphatic carbocycles. The minimum absolute atomic E-state index is 1.16. The summed E-state index contributed by atoms with van der Waals surface area (Å²) in [6.07, 6.45) is 8.10. The maximum atomic E-state index is 2.40. The summed E-state index contributed by atoms with van der Waals surface area (Å²) < 4.78 is 1.22. The van der Waals surface area contributed by atoms with Gasteiger partial charge in [-0.25, -0.2) is 0 Å². The Morgan fingerprint density at radius 2 is 1.71 bits per heavy atom. The molecule has 0 spiro atoms. The first-order chi connectivity index (χ1) is 6.83. The van der Waals surface area contributed by atoms with Crippen LogP contribution in [-0.4, -0.2) is 4.43 Å². The Labute approximate surface area is 101 Å². The molecule has 0 radical (unpaired) electrons. The highest BCUT2D eigenvalue weighted by Gasteiger charge is 1.89. The molecule has 1 rings (SSSR count). The van der Waals surface area contributed by atoms with Crippen LogP contribution in [-0.2, 0) is 6.42 Å². The van der Waals surface area contributed by atoms with Crippen molar-refractivity contribution in [2.24, 2.45) is 0 Å². The Morgan fingerprint density at radius 1 is 1.07 bits per heavy atom. The van der Waals surface area contributed by atoms with Gasteiger partial charge >= 0.3 is 0 Å². The summed E-state index contributed by atoms with van der Waals surface area (Å²) in [5, 5.41) is 0. The molecule has 76 valence electrons. The van der Waals surface area contributed by atoms with E-state index in [1.807, 2.05) is 0 Å². The molecule has 0 bridgehead atoms. The van der Waals surface area contributed by atoms with Gasteiger partial charge in [-0.1, -0.05) is 64.6 Å². The largest absolute Gasteiger partial charge is 0.0882 e. The number of aryl methyl sites for hydroxylation is 2. The zero-order chi connectivity index (χ0) is 10.2. The van der Waals surface area contributed by atoms with Gasteiger partial charge in [0, 0.05) is 4.43 Å². The monoisotopic (exact) mass is 300 g/mol. The van der Waals surface area contributed by atoms with Crippen LogP contribution < -0.4 is 0 Å². The fraction of sp³-hybridized carbons (Fsp3) is 0.385. The first-order valence-corrected chi connectivity index (χ1v) is 6.62. The summed E-state index contributed by atoms with van der Waals surface area (Å²) >= 11 is 2.40. The van der Waals surface area contributed by atoms with E-state index in [9.17, 15) is 0 Å². The van der Waals surface area contributed by atoms with Crippen LogP contribution in [0.4, 0.5) is 0 Å². The van der Waals surface area contributed by atoms with Gasteiger partial charge in [0.05, 0.1) is 0 Å². The van der Waals surface area contributed by atoms with Gasteiger partial charge in [0.15, 0.2) is 0 Å². The van der Waals surface area contributed by atoms with Crippen molar-refractivity contribution < 1.29 is 0 Å². The van der Waals surface area contributed by atoms with E-state index in [-0.39, 0.29) is 0 Å². The van der Waals surface area contributed by atoms with Crippen molar-refractivity contribution in [1.29, 1.82) is 0 Å². The second-order valence-corrected chi connectivity index (χ2v) is 4.55. The van der Waals surface area contributed by atoms with Crippen molar-refractivity contribution in [3.05, 3.63) is 47.5 Å². The summed E-state index contributed by atoms with van der Waals surface area (Å²) in [5.41, 5.74) is 2.78. The Morgan fingerprint density at radius 3 is 2.36 bits per heavy atom. The molecular weight excluding hydrogens is 283 g/mol. The number of rotatable bonds is 5. The average molecular weight is 300 g/mol. The Hall–Kier alpha value is -0.310. The number of benzene rings is 1. The van der Waals surface area contributed by atoms with E-state index in [1.165, 1.54) is 28.4 Å². The maximum absolute atomic E-state index is 2.40. The third-order valence-corrected chi connectivity index (χ3v) is 2.79. The van der Waals surface area contributed by atoms with Gasteiger partial charge in [0.25, 0.3) is 0 Å². The van der Waals surface area contributed by atoms with Crippen LogP contribution in [0.15, 0.2) is 36.4 Å². The van der Waals surface area contributed by atoms with Gasteiger partial charge in [0.2, 0.25) is 0 Å². The van der Waals surface area contributed by atoms with Crippen molar-refractivity contribution in [3.63, 3.8) is 0 Å². The van der Waals surface area contributed by atoms with Crippen molar-refractivity contribution in [2.45, 2.75) is 26.2 Å².